The molecule has 1 saturated carbocycles. The molecule has 0 saturated heterocycles. The standard InChI is InChI=1S/C20H28N4O3S/c1-15(2)23(3)28(26,27)18-11-9-16(10-12-18)20(25)22-19-13-14-21-24(19)17-7-5-4-6-8-17/h9-15,17H,4-8H2,1-3H3,(H,22,25). The lowest BCUT2D eigenvalue weighted by Gasteiger charge is -2.24. The van der Waals surface area contributed by atoms with Crippen molar-refractivity contribution in [2.45, 2.75) is 62.9 Å². The summed E-state index contributed by atoms with van der Waals surface area (Å²) < 4.78 is 28.3. The minimum absolute atomic E-state index is 0.145. The third kappa shape index (κ3) is 4.28. The number of nitrogens with one attached hydrogen (secondary N) is 1. The summed E-state index contributed by atoms with van der Waals surface area (Å²) in [5, 5.41) is 7.29. The Morgan fingerprint density at radius 1 is 1.14 bits per heavy atom. The Labute approximate surface area is 166 Å². The first-order valence-corrected chi connectivity index (χ1v) is 11.2. The second kappa shape index (κ2) is 8.45. The van der Waals surface area contributed by atoms with Crippen LogP contribution in [0.4, 0.5) is 5.82 Å². The summed E-state index contributed by atoms with van der Waals surface area (Å²) in [5.74, 6) is 0.395. The number of sulfonamides is 1. The highest BCUT2D eigenvalue weighted by atomic mass is 32.2. The van der Waals surface area contributed by atoms with Crippen molar-refractivity contribution < 1.29 is 13.2 Å². The van der Waals surface area contributed by atoms with Crippen molar-refractivity contribution in [2.75, 3.05) is 12.4 Å². The Morgan fingerprint density at radius 3 is 2.39 bits per heavy atom. The molecule has 0 bridgehead atoms. The second-order valence-corrected chi connectivity index (χ2v) is 9.54. The van der Waals surface area contributed by atoms with Gasteiger partial charge in [0.1, 0.15) is 5.82 Å². The first kappa shape index (κ1) is 20.5. The van der Waals surface area contributed by atoms with Crippen molar-refractivity contribution in [1.82, 2.24) is 14.1 Å². The molecule has 0 atom stereocenters. The highest BCUT2D eigenvalue weighted by molar-refractivity contribution is 7.89. The highest BCUT2D eigenvalue weighted by Crippen LogP contribution is 2.30. The molecule has 0 radical (unpaired) electrons. The molecule has 1 aromatic heterocycles. The number of carbonyl (C=O) groups excluding carboxylic acids is 1. The van der Waals surface area contributed by atoms with E-state index in [4.69, 9.17) is 0 Å². The summed E-state index contributed by atoms with van der Waals surface area (Å²) in [7, 11) is -2.02. The number of amides is 1. The van der Waals surface area contributed by atoms with Crippen molar-refractivity contribution in [1.29, 1.82) is 0 Å². The van der Waals surface area contributed by atoms with E-state index >= 15 is 0 Å². The van der Waals surface area contributed by atoms with Crippen LogP contribution in [-0.2, 0) is 10.0 Å². The fraction of sp³-hybridized carbons (Fsp3) is 0.500. The number of benzene rings is 1. The summed E-state index contributed by atoms with van der Waals surface area (Å²) in [4.78, 5) is 12.8. The molecule has 7 nitrogen and oxygen atoms in total. The Balaban J connectivity index is 1.73. The second-order valence-electron chi connectivity index (χ2n) is 7.55. The first-order chi connectivity index (χ1) is 13.3. The van der Waals surface area contributed by atoms with Crippen molar-refractivity contribution in [3.05, 3.63) is 42.1 Å². The maximum atomic E-state index is 12.6. The van der Waals surface area contributed by atoms with Crippen molar-refractivity contribution in [2.24, 2.45) is 0 Å². The molecule has 8 heteroatoms. The molecule has 1 aliphatic rings. The lowest BCUT2D eigenvalue weighted by atomic mass is 9.96. The van der Waals surface area contributed by atoms with Gasteiger partial charge < -0.3 is 5.32 Å². The van der Waals surface area contributed by atoms with Crippen LogP contribution in [0.25, 0.3) is 0 Å². The van der Waals surface area contributed by atoms with E-state index in [0.717, 1.165) is 12.8 Å². The lowest BCUT2D eigenvalue weighted by molar-refractivity contribution is 0.102. The van der Waals surface area contributed by atoms with Crippen LogP contribution in [0.2, 0.25) is 0 Å². The van der Waals surface area contributed by atoms with Gasteiger partial charge in [0.2, 0.25) is 10.0 Å². The molecule has 152 valence electrons. The molecule has 1 aromatic carbocycles. The van der Waals surface area contributed by atoms with Gasteiger partial charge in [-0.15, -0.1) is 0 Å². The Kier molecular flexibility index (Phi) is 6.20. The van der Waals surface area contributed by atoms with Gasteiger partial charge in [0, 0.05) is 24.7 Å². The molecule has 0 aliphatic heterocycles. The predicted molar refractivity (Wildman–Crippen MR) is 109 cm³/mol. The maximum Gasteiger partial charge on any atom is 0.256 e. The maximum absolute atomic E-state index is 12.6. The number of anilines is 1. The zero-order chi connectivity index (χ0) is 20.3. The summed E-state index contributed by atoms with van der Waals surface area (Å²) in [6.45, 7) is 3.63. The summed E-state index contributed by atoms with van der Waals surface area (Å²) in [6, 6.07) is 7.99. The van der Waals surface area contributed by atoms with E-state index in [2.05, 4.69) is 10.4 Å². The quantitative estimate of drug-likeness (QED) is 0.796. The van der Waals surface area contributed by atoms with E-state index in [1.807, 2.05) is 18.5 Å². The van der Waals surface area contributed by atoms with E-state index in [1.54, 1.807) is 19.3 Å². The molecule has 0 spiro atoms. The van der Waals surface area contributed by atoms with E-state index in [1.165, 1.54) is 47.8 Å². The van der Waals surface area contributed by atoms with Crippen LogP contribution in [0.1, 0.15) is 62.4 Å². The topological polar surface area (TPSA) is 84.3 Å². The monoisotopic (exact) mass is 404 g/mol. The summed E-state index contributed by atoms with van der Waals surface area (Å²) in [6.07, 6.45) is 7.45. The molecule has 1 amide bonds. The zero-order valence-electron chi connectivity index (χ0n) is 16.6. The molecule has 1 N–H and O–H groups in total. The van der Waals surface area contributed by atoms with Crippen LogP contribution in [-0.4, -0.2) is 41.5 Å². The van der Waals surface area contributed by atoms with E-state index < -0.39 is 10.0 Å². The highest BCUT2D eigenvalue weighted by Gasteiger charge is 2.24. The van der Waals surface area contributed by atoms with Gasteiger partial charge in [-0.2, -0.15) is 9.40 Å². The van der Waals surface area contributed by atoms with Crippen LogP contribution < -0.4 is 5.32 Å². The molecular weight excluding hydrogens is 376 g/mol. The van der Waals surface area contributed by atoms with Gasteiger partial charge in [-0.05, 0) is 51.0 Å². The minimum atomic E-state index is -3.56. The van der Waals surface area contributed by atoms with Crippen molar-refractivity contribution in [3.8, 4) is 0 Å². The fourth-order valence-corrected chi connectivity index (χ4v) is 4.81. The largest absolute Gasteiger partial charge is 0.307 e. The van der Waals surface area contributed by atoms with E-state index in [9.17, 15) is 13.2 Å². The summed E-state index contributed by atoms with van der Waals surface area (Å²) in [5.41, 5.74) is 0.405. The van der Waals surface area contributed by atoms with Crippen LogP contribution in [0.15, 0.2) is 41.4 Å². The van der Waals surface area contributed by atoms with Gasteiger partial charge in [-0.3, -0.25) is 4.79 Å². The molecule has 3 rings (SSSR count). The molecule has 1 fully saturated rings. The van der Waals surface area contributed by atoms with Crippen molar-refractivity contribution >= 4 is 21.7 Å². The zero-order valence-corrected chi connectivity index (χ0v) is 17.4. The third-order valence-corrected chi connectivity index (χ3v) is 7.40. The molecule has 0 unspecified atom stereocenters. The smallest absolute Gasteiger partial charge is 0.256 e. The van der Waals surface area contributed by atoms with Gasteiger partial charge in [0.05, 0.1) is 17.1 Å². The van der Waals surface area contributed by atoms with Crippen LogP contribution >= 0.6 is 0 Å². The average Bonchev–Trinajstić information content (AvgIpc) is 3.16. The van der Waals surface area contributed by atoms with Gasteiger partial charge in [0.15, 0.2) is 0 Å². The molecule has 2 aromatic rings. The first-order valence-electron chi connectivity index (χ1n) is 9.73. The Morgan fingerprint density at radius 2 is 1.79 bits per heavy atom. The predicted octanol–water partition coefficient (Wildman–Crippen LogP) is 3.67. The minimum Gasteiger partial charge on any atom is -0.307 e. The number of carbonyl (C=O) groups is 1. The number of hydrogen-bond acceptors (Lipinski definition) is 4. The third-order valence-electron chi connectivity index (χ3n) is 5.35. The van der Waals surface area contributed by atoms with E-state index in [-0.39, 0.29) is 16.8 Å². The number of nitrogens with zero attached hydrogens (tertiary/aromatic N) is 3. The number of rotatable bonds is 6. The van der Waals surface area contributed by atoms with Gasteiger partial charge in [-0.1, -0.05) is 19.3 Å². The molecule has 1 heterocycles. The van der Waals surface area contributed by atoms with Crippen LogP contribution in [0.3, 0.4) is 0 Å². The molecule has 28 heavy (non-hydrogen) atoms. The fourth-order valence-electron chi connectivity index (χ4n) is 3.44. The van der Waals surface area contributed by atoms with Crippen molar-refractivity contribution in [3.63, 3.8) is 0 Å². The Bertz CT molecular complexity index is 913. The normalized spacial score (nSPS) is 15.9. The van der Waals surface area contributed by atoms with Gasteiger partial charge in [0.25, 0.3) is 5.91 Å². The lowest BCUT2D eigenvalue weighted by Crippen LogP contribution is -2.33. The SMILES string of the molecule is CC(C)N(C)S(=O)(=O)c1ccc(C(=O)Nc2ccnn2C2CCCCC2)cc1. The van der Waals surface area contributed by atoms with Gasteiger partial charge in [-0.25, -0.2) is 13.1 Å². The Hall–Kier alpha value is -2.19. The van der Waals surface area contributed by atoms with Crippen LogP contribution in [0, 0.1) is 0 Å². The molecule has 1 aliphatic carbocycles. The van der Waals surface area contributed by atoms with Crippen LogP contribution in [0.5, 0.6) is 0 Å². The van der Waals surface area contributed by atoms with E-state index in [0.29, 0.717) is 17.4 Å². The number of aromatic nitrogens is 2. The average molecular weight is 405 g/mol. The molecular formula is C20H28N4O3S. The van der Waals surface area contributed by atoms with Gasteiger partial charge >= 0.3 is 0 Å². The summed E-state index contributed by atoms with van der Waals surface area (Å²) >= 11 is 0. The number of hydrogen-bond donors (Lipinski definition) is 1.